The van der Waals surface area contributed by atoms with Gasteiger partial charge in [0.15, 0.2) is 17.3 Å². The third-order valence-corrected chi connectivity index (χ3v) is 10.7. The number of likely N-dealkylation sites (N-methyl/N-ethyl adjacent to an activating group) is 1. The van der Waals surface area contributed by atoms with Crippen molar-refractivity contribution in [2.45, 2.75) is 64.0 Å². The summed E-state index contributed by atoms with van der Waals surface area (Å²) in [5.74, 6) is 0.322. The van der Waals surface area contributed by atoms with Crippen LogP contribution in [-0.4, -0.2) is 107 Å². The second-order valence-electron chi connectivity index (χ2n) is 13.7. The first kappa shape index (κ1) is 30.9. The quantitative estimate of drug-likeness (QED) is 0.276. The van der Waals surface area contributed by atoms with Crippen molar-refractivity contribution in [3.05, 3.63) is 41.7 Å². The molecule has 12 nitrogen and oxygen atoms in total. The zero-order chi connectivity index (χ0) is 31.7. The molecule has 5 N–H and O–H groups in total. The van der Waals surface area contributed by atoms with Crippen LogP contribution in [0.2, 0.25) is 0 Å². The number of carbonyl (C=O) groups is 1. The summed E-state index contributed by atoms with van der Waals surface area (Å²) in [4.78, 5) is 30.0. The van der Waals surface area contributed by atoms with Gasteiger partial charge < -0.3 is 30.9 Å². The van der Waals surface area contributed by atoms with Crippen molar-refractivity contribution >= 4 is 28.9 Å². The number of primary amides is 1. The minimum absolute atomic E-state index is 0.0952. The molecule has 4 aliphatic rings. The maximum atomic E-state index is 12.7. The Morgan fingerprint density at radius 1 is 1.04 bits per heavy atom. The van der Waals surface area contributed by atoms with Gasteiger partial charge in [-0.15, -0.1) is 0 Å². The summed E-state index contributed by atoms with van der Waals surface area (Å²) in [5, 5.41) is 14.1. The molecule has 5 heterocycles. The molecule has 3 aromatic rings. The lowest BCUT2D eigenvalue weighted by Crippen LogP contribution is -2.52. The van der Waals surface area contributed by atoms with E-state index in [4.69, 9.17) is 20.4 Å². The third kappa shape index (κ3) is 6.43. The number of aromatic nitrogens is 4. The first-order valence-corrected chi connectivity index (χ1v) is 17.0. The monoisotopic (exact) mass is 628 g/mol. The van der Waals surface area contributed by atoms with Gasteiger partial charge >= 0.3 is 0 Å². The highest BCUT2D eigenvalue weighted by molar-refractivity contribution is 5.97. The van der Waals surface area contributed by atoms with Gasteiger partial charge in [-0.05, 0) is 87.2 Å². The average molecular weight is 629 g/mol. The highest BCUT2D eigenvalue weighted by Gasteiger charge is 2.45. The molecule has 0 radical (unpaired) electrons. The molecule has 3 saturated heterocycles. The lowest BCUT2D eigenvalue weighted by atomic mass is 9.61. The molecule has 12 heteroatoms. The molecule has 2 aromatic heterocycles. The Hall–Kier alpha value is -3.74. The largest absolute Gasteiger partial charge is 0.381 e. The molecule has 1 aromatic carbocycles. The molecule has 1 aliphatic carbocycles. The van der Waals surface area contributed by atoms with Crippen LogP contribution in [0.1, 0.15) is 61.5 Å². The van der Waals surface area contributed by atoms with Gasteiger partial charge in [-0.2, -0.15) is 5.10 Å². The summed E-state index contributed by atoms with van der Waals surface area (Å²) < 4.78 is 5.61. The Morgan fingerprint density at radius 3 is 2.48 bits per heavy atom. The number of ether oxygens (including phenoxy) is 1. The van der Waals surface area contributed by atoms with Crippen molar-refractivity contribution in [3.63, 3.8) is 0 Å². The Morgan fingerprint density at radius 2 is 1.80 bits per heavy atom. The molecule has 0 atom stereocenters. The zero-order valence-electron chi connectivity index (χ0n) is 27.2. The number of hydrogen-bond donors (Lipinski definition) is 4. The average Bonchev–Trinajstić information content (AvgIpc) is 3.60. The van der Waals surface area contributed by atoms with Gasteiger partial charge in [-0.25, -0.2) is 9.97 Å². The molecule has 46 heavy (non-hydrogen) atoms. The molecule has 0 bridgehead atoms. The van der Waals surface area contributed by atoms with E-state index in [0.717, 1.165) is 77.2 Å². The van der Waals surface area contributed by atoms with Crippen molar-refractivity contribution in [2.75, 3.05) is 75.1 Å². The third-order valence-electron chi connectivity index (χ3n) is 10.7. The number of nitrogens with zero attached hydrogens (tertiary/aromatic N) is 6. The number of nitrogens with two attached hydrogens (primary N) is 1. The number of carbonyl (C=O) groups excluding carboxylic acids is 1. The number of anilines is 4. The Bertz CT molecular complexity index is 1500. The summed E-state index contributed by atoms with van der Waals surface area (Å²) in [5.41, 5.74) is 10.9. The fourth-order valence-corrected chi connectivity index (χ4v) is 7.91. The Balaban J connectivity index is 1.09. The van der Waals surface area contributed by atoms with Crippen molar-refractivity contribution in [1.29, 1.82) is 0 Å². The number of rotatable bonds is 9. The normalized spacial score (nSPS) is 21.3. The summed E-state index contributed by atoms with van der Waals surface area (Å²) in [6, 6.07) is 9.22. The minimum Gasteiger partial charge on any atom is -0.381 e. The molecular formula is C34H48N10O2. The number of H-pyrrole nitrogens is 1. The van der Waals surface area contributed by atoms with Crippen molar-refractivity contribution in [3.8, 4) is 11.4 Å². The van der Waals surface area contributed by atoms with E-state index in [9.17, 15) is 4.79 Å². The van der Waals surface area contributed by atoms with Crippen LogP contribution >= 0.6 is 0 Å². The van der Waals surface area contributed by atoms with Crippen LogP contribution in [-0.2, 0) is 11.2 Å². The number of aromatic amines is 1. The van der Waals surface area contributed by atoms with Gasteiger partial charge in [0.05, 0.1) is 5.69 Å². The smallest absolute Gasteiger partial charge is 0.271 e. The van der Waals surface area contributed by atoms with Gasteiger partial charge in [-0.3, -0.25) is 14.8 Å². The topological polar surface area (TPSA) is 141 Å². The van der Waals surface area contributed by atoms with E-state index in [1.54, 1.807) is 6.20 Å². The number of piperidine rings is 1. The minimum atomic E-state index is -0.636. The van der Waals surface area contributed by atoms with Crippen molar-refractivity contribution < 1.29 is 9.53 Å². The van der Waals surface area contributed by atoms with E-state index in [2.05, 4.69) is 67.7 Å². The SMILES string of the molecule is CCc1cc(Nc2nc(NC3CC4(CCOCC4)C3)c(-c3ccn[nH]3)nc2C(N)=O)ccc1N1CCC(N2CCN(C)CC2)CC1. The molecule has 1 spiro atoms. The van der Waals surface area contributed by atoms with Crippen LogP contribution in [0, 0.1) is 5.41 Å². The highest BCUT2D eigenvalue weighted by Crippen LogP contribution is 2.50. The number of nitrogens with one attached hydrogen (secondary N) is 3. The number of benzene rings is 1. The van der Waals surface area contributed by atoms with Gasteiger partial charge in [0, 0.05) is 82.1 Å². The molecule has 246 valence electrons. The molecular weight excluding hydrogens is 580 g/mol. The molecule has 3 aliphatic heterocycles. The predicted octanol–water partition coefficient (Wildman–Crippen LogP) is 3.86. The molecule has 1 saturated carbocycles. The van der Waals surface area contributed by atoms with Gasteiger partial charge in [0.25, 0.3) is 5.91 Å². The zero-order valence-corrected chi connectivity index (χ0v) is 27.2. The van der Waals surface area contributed by atoms with Crippen LogP contribution in [0.5, 0.6) is 0 Å². The van der Waals surface area contributed by atoms with E-state index in [1.807, 2.05) is 6.07 Å². The van der Waals surface area contributed by atoms with Crippen LogP contribution in [0.15, 0.2) is 30.5 Å². The fourth-order valence-electron chi connectivity index (χ4n) is 7.91. The first-order chi connectivity index (χ1) is 22.4. The number of aryl methyl sites for hydroxylation is 1. The van der Waals surface area contributed by atoms with E-state index in [-0.39, 0.29) is 11.7 Å². The van der Waals surface area contributed by atoms with Crippen molar-refractivity contribution in [2.24, 2.45) is 11.1 Å². The van der Waals surface area contributed by atoms with Crippen LogP contribution in [0.25, 0.3) is 11.4 Å². The molecule has 4 fully saturated rings. The second kappa shape index (κ2) is 13.2. The van der Waals surface area contributed by atoms with E-state index in [0.29, 0.717) is 34.5 Å². The van der Waals surface area contributed by atoms with E-state index >= 15 is 0 Å². The van der Waals surface area contributed by atoms with Crippen LogP contribution < -0.4 is 21.3 Å². The van der Waals surface area contributed by atoms with Gasteiger partial charge in [0.2, 0.25) is 0 Å². The first-order valence-electron chi connectivity index (χ1n) is 17.0. The predicted molar refractivity (Wildman–Crippen MR) is 181 cm³/mol. The van der Waals surface area contributed by atoms with Gasteiger partial charge in [-0.1, -0.05) is 6.92 Å². The fraction of sp³-hybridized carbons (Fsp3) is 0.588. The molecule has 1 amide bonds. The summed E-state index contributed by atoms with van der Waals surface area (Å²) in [7, 11) is 2.22. The van der Waals surface area contributed by atoms with Crippen LogP contribution in [0.3, 0.4) is 0 Å². The maximum Gasteiger partial charge on any atom is 0.271 e. The summed E-state index contributed by atoms with van der Waals surface area (Å²) in [6.45, 7) is 10.7. The van der Waals surface area contributed by atoms with Gasteiger partial charge in [0.1, 0.15) is 5.69 Å². The Kier molecular flexibility index (Phi) is 8.84. The molecule has 0 unspecified atom stereocenters. The number of piperazine rings is 1. The number of hydrogen-bond acceptors (Lipinski definition) is 10. The van der Waals surface area contributed by atoms with Crippen molar-refractivity contribution in [1.82, 2.24) is 30.0 Å². The van der Waals surface area contributed by atoms with Crippen LogP contribution in [0.4, 0.5) is 23.0 Å². The second-order valence-corrected chi connectivity index (χ2v) is 13.7. The molecule has 7 rings (SSSR count). The van der Waals surface area contributed by atoms with E-state index < -0.39 is 5.91 Å². The highest BCUT2D eigenvalue weighted by atomic mass is 16.5. The summed E-state index contributed by atoms with van der Waals surface area (Å²) in [6.07, 6.45) is 9.28. The lowest BCUT2D eigenvalue weighted by Gasteiger charge is -2.50. The standard InChI is InChI=1S/C34H48N10O2/c1-3-23-20-24(4-5-28(23)44-12-7-26(8-13-44)43-16-14-42(2)15-17-43)37-33-30(31(35)45)39-29(27-6-11-36-41-27)32(40-33)38-25-21-34(22-25)9-18-46-19-10-34/h4-6,11,20,25-26H,3,7-10,12-19,21-22H2,1-2H3,(H2,35,45)(H,36,41)(H2,37,38,40). The summed E-state index contributed by atoms with van der Waals surface area (Å²) >= 11 is 0. The van der Waals surface area contributed by atoms with E-state index in [1.165, 1.54) is 37.2 Å². The maximum absolute atomic E-state index is 12.7. The number of amides is 1. The lowest BCUT2D eigenvalue weighted by molar-refractivity contribution is -0.0342. The Labute approximate surface area is 271 Å².